The van der Waals surface area contributed by atoms with E-state index in [2.05, 4.69) is 20.8 Å². The zero-order chi connectivity index (χ0) is 14.6. The Hall–Kier alpha value is -1.73. The fraction of sp³-hybridized carbons (Fsp3) is 0.615. The normalized spacial score (nSPS) is 14.9. The first-order valence-electron chi connectivity index (χ1n) is 6.66. The van der Waals surface area contributed by atoms with E-state index < -0.39 is 11.4 Å². The predicted octanol–water partition coefficient (Wildman–Crippen LogP) is 0.466. The number of aromatic nitrogens is 2. The molecule has 1 aliphatic rings. The van der Waals surface area contributed by atoms with Gasteiger partial charge in [-0.1, -0.05) is 6.92 Å². The Morgan fingerprint density at radius 3 is 2.55 bits per heavy atom. The van der Waals surface area contributed by atoms with Gasteiger partial charge >= 0.3 is 6.03 Å². The van der Waals surface area contributed by atoms with Gasteiger partial charge in [0.25, 0.3) is 0 Å². The van der Waals surface area contributed by atoms with Crippen molar-refractivity contribution in [2.75, 3.05) is 25.1 Å². The SMILES string of the molecule is CC(CO)(CO)CNC(=O)Nc1ccc(C2CC2)nn1. The lowest BCUT2D eigenvalue weighted by molar-refractivity contribution is 0.0721. The summed E-state index contributed by atoms with van der Waals surface area (Å²) in [5, 5.41) is 31.4. The van der Waals surface area contributed by atoms with E-state index in [1.54, 1.807) is 13.0 Å². The molecular weight excluding hydrogens is 260 g/mol. The number of anilines is 1. The second-order valence-electron chi connectivity index (χ2n) is 5.55. The predicted molar refractivity (Wildman–Crippen MR) is 73.3 cm³/mol. The summed E-state index contributed by atoms with van der Waals surface area (Å²) in [6.07, 6.45) is 2.31. The zero-order valence-electron chi connectivity index (χ0n) is 11.5. The summed E-state index contributed by atoms with van der Waals surface area (Å²) in [4.78, 5) is 11.7. The number of aliphatic hydroxyl groups excluding tert-OH is 2. The molecule has 0 unspecified atom stereocenters. The largest absolute Gasteiger partial charge is 0.396 e. The molecule has 1 aliphatic carbocycles. The van der Waals surface area contributed by atoms with Gasteiger partial charge in [-0.05, 0) is 25.0 Å². The first-order valence-corrected chi connectivity index (χ1v) is 6.66. The van der Waals surface area contributed by atoms with Crippen LogP contribution in [0.2, 0.25) is 0 Å². The number of urea groups is 1. The van der Waals surface area contributed by atoms with E-state index in [0.29, 0.717) is 11.7 Å². The highest BCUT2D eigenvalue weighted by molar-refractivity contribution is 5.88. The Bertz CT molecular complexity index is 455. The molecule has 7 nitrogen and oxygen atoms in total. The molecule has 1 fully saturated rings. The molecule has 1 aromatic rings. The molecule has 0 spiro atoms. The van der Waals surface area contributed by atoms with Crippen molar-refractivity contribution >= 4 is 11.8 Å². The number of nitrogens with one attached hydrogen (secondary N) is 2. The first-order chi connectivity index (χ1) is 9.56. The van der Waals surface area contributed by atoms with E-state index in [-0.39, 0.29) is 19.8 Å². The van der Waals surface area contributed by atoms with Crippen molar-refractivity contribution in [3.63, 3.8) is 0 Å². The highest BCUT2D eigenvalue weighted by atomic mass is 16.3. The van der Waals surface area contributed by atoms with Gasteiger partial charge in [0, 0.05) is 17.9 Å². The molecule has 0 aliphatic heterocycles. The third kappa shape index (κ3) is 3.88. The van der Waals surface area contributed by atoms with Gasteiger partial charge in [0.15, 0.2) is 5.82 Å². The molecule has 1 heterocycles. The van der Waals surface area contributed by atoms with E-state index in [1.807, 2.05) is 6.07 Å². The summed E-state index contributed by atoms with van der Waals surface area (Å²) in [5.74, 6) is 0.904. The number of rotatable bonds is 6. The summed E-state index contributed by atoms with van der Waals surface area (Å²) in [7, 11) is 0. The minimum Gasteiger partial charge on any atom is -0.396 e. The van der Waals surface area contributed by atoms with Crippen molar-refractivity contribution in [1.29, 1.82) is 0 Å². The lowest BCUT2D eigenvalue weighted by atomic mass is 9.93. The number of nitrogens with zero attached hydrogens (tertiary/aromatic N) is 2. The van der Waals surface area contributed by atoms with Crippen LogP contribution in [0.5, 0.6) is 0 Å². The van der Waals surface area contributed by atoms with Gasteiger partial charge in [-0.25, -0.2) is 4.79 Å². The van der Waals surface area contributed by atoms with Gasteiger partial charge in [-0.15, -0.1) is 5.10 Å². The van der Waals surface area contributed by atoms with Gasteiger partial charge < -0.3 is 15.5 Å². The van der Waals surface area contributed by atoms with Gasteiger partial charge in [0.2, 0.25) is 0 Å². The van der Waals surface area contributed by atoms with Crippen LogP contribution in [0.25, 0.3) is 0 Å². The summed E-state index contributed by atoms with van der Waals surface area (Å²) in [6, 6.07) is 3.15. The van der Waals surface area contributed by atoms with Gasteiger partial charge in [-0.2, -0.15) is 5.10 Å². The fourth-order valence-electron chi connectivity index (χ4n) is 1.62. The highest BCUT2D eigenvalue weighted by Gasteiger charge is 2.25. The smallest absolute Gasteiger partial charge is 0.320 e. The van der Waals surface area contributed by atoms with Crippen molar-refractivity contribution in [1.82, 2.24) is 15.5 Å². The summed E-state index contributed by atoms with van der Waals surface area (Å²) < 4.78 is 0. The standard InChI is InChI=1S/C13H20N4O3/c1-13(7-18,8-19)6-14-12(20)15-11-5-4-10(16-17-11)9-2-3-9/h4-5,9,18-19H,2-3,6-8H2,1H3,(H2,14,15,17,20). The molecule has 0 saturated heterocycles. The van der Waals surface area contributed by atoms with Crippen LogP contribution in [0.3, 0.4) is 0 Å². The maximum Gasteiger partial charge on any atom is 0.320 e. The van der Waals surface area contributed by atoms with Crippen molar-refractivity contribution in [3.05, 3.63) is 17.8 Å². The average Bonchev–Trinajstić information content (AvgIpc) is 3.30. The van der Waals surface area contributed by atoms with E-state index in [1.165, 1.54) is 0 Å². The highest BCUT2D eigenvalue weighted by Crippen LogP contribution is 2.38. The number of aliphatic hydroxyl groups is 2. The van der Waals surface area contributed by atoms with E-state index in [4.69, 9.17) is 10.2 Å². The first kappa shape index (κ1) is 14.7. The lowest BCUT2D eigenvalue weighted by Crippen LogP contribution is -2.42. The molecule has 0 bridgehead atoms. The van der Waals surface area contributed by atoms with Crippen molar-refractivity contribution < 1.29 is 15.0 Å². The Morgan fingerprint density at radius 1 is 1.35 bits per heavy atom. The number of carbonyl (C=O) groups excluding carboxylic acids is 1. The van der Waals surface area contributed by atoms with Crippen molar-refractivity contribution in [3.8, 4) is 0 Å². The maximum atomic E-state index is 11.7. The zero-order valence-corrected chi connectivity index (χ0v) is 11.5. The quantitative estimate of drug-likeness (QED) is 0.606. The Morgan fingerprint density at radius 2 is 2.05 bits per heavy atom. The average molecular weight is 280 g/mol. The van der Waals surface area contributed by atoms with E-state index >= 15 is 0 Å². The van der Waals surface area contributed by atoms with Gasteiger partial charge in [-0.3, -0.25) is 5.32 Å². The minimum atomic E-state index is -0.737. The second-order valence-corrected chi connectivity index (χ2v) is 5.55. The van der Waals surface area contributed by atoms with Crippen LogP contribution < -0.4 is 10.6 Å². The van der Waals surface area contributed by atoms with Crippen LogP contribution in [-0.2, 0) is 0 Å². The third-order valence-corrected chi connectivity index (χ3v) is 3.36. The molecule has 4 N–H and O–H groups in total. The van der Waals surface area contributed by atoms with Crippen LogP contribution in [0.15, 0.2) is 12.1 Å². The van der Waals surface area contributed by atoms with Crippen LogP contribution in [0, 0.1) is 5.41 Å². The number of amides is 2. The molecule has 0 radical (unpaired) electrons. The molecule has 1 saturated carbocycles. The van der Waals surface area contributed by atoms with Crippen LogP contribution in [0.1, 0.15) is 31.4 Å². The molecule has 1 aromatic heterocycles. The Balaban J connectivity index is 1.81. The number of hydrogen-bond acceptors (Lipinski definition) is 5. The van der Waals surface area contributed by atoms with Gasteiger partial charge in [0.05, 0.1) is 18.9 Å². The van der Waals surface area contributed by atoms with Crippen molar-refractivity contribution in [2.45, 2.75) is 25.7 Å². The maximum absolute atomic E-state index is 11.7. The lowest BCUT2D eigenvalue weighted by Gasteiger charge is -2.24. The van der Waals surface area contributed by atoms with E-state index in [0.717, 1.165) is 18.5 Å². The number of hydrogen-bond donors (Lipinski definition) is 4. The molecule has 7 heteroatoms. The summed E-state index contributed by atoms with van der Waals surface area (Å²) >= 11 is 0. The van der Waals surface area contributed by atoms with E-state index in [9.17, 15) is 4.79 Å². The molecule has 20 heavy (non-hydrogen) atoms. The monoisotopic (exact) mass is 280 g/mol. The molecular formula is C13H20N4O3. The van der Waals surface area contributed by atoms with Crippen molar-refractivity contribution in [2.24, 2.45) is 5.41 Å². The van der Waals surface area contributed by atoms with Crippen LogP contribution >= 0.6 is 0 Å². The fourth-order valence-corrected chi connectivity index (χ4v) is 1.62. The molecule has 2 amide bonds. The summed E-state index contributed by atoms with van der Waals surface area (Å²) in [6.45, 7) is 1.43. The van der Waals surface area contributed by atoms with Crippen LogP contribution in [-0.4, -0.2) is 46.2 Å². The summed E-state index contributed by atoms with van der Waals surface area (Å²) in [5.41, 5.74) is 0.225. The molecule has 110 valence electrons. The third-order valence-electron chi connectivity index (χ3n) is 3.36. The van der Waals surface area contributed by atoms with Crippen LogP contribution in [0.4, 0.5) is 10.6 Å². The minimum absolute atomic E-state index is 0.166. The Kier molecular flexibility index (Phi) is 4.51. The topological polar surface area (TPSA) is 107 Å². The van der Waals surface area contributed by atoms with Gasteiger partial charge in [0.1, 0.15) is 0 Å². The second kappa shape index (κ2) is 6.15. The molecule has 0 aromatic carbocycles. The molecule has 0 atom stereocenters. The number of carbonyl (C=O) groups is 1. The Labute approximate surface area is 117 Å². The molecule has 2 rings (SSSR count).